The summed E-state index contributed by atoms with van der Waals surface area (Å²) in [4.78, 5) is 12.6. The average molecular weight is 273 g/mol. The normalized spacial score (nSPS) is 25.3. The van der Waals surface area contributed by atoms with Gasteiger partial charge in [-0.3, -0.25) is 4.79 Å². The van der Waals surface area contributed by atoms with Crippen LogP contribution in [0.2, 0.25) is 4.34 Å². The van der Waals surface area contributed by atoms with Crippen LogP contribution < -0.4 is 11.1 Å². The second kappa shape index (κ2) is 5.85. The van der Waals surface area contributed by atoms with E-state index >= 15 is 0 Å². The molecule has 0 spiro atoms. The summed E-state index contributed by atoms with van der Waals surface area (Å²) >= 11 is 7.12. The summed E-state index contributed by atoms with van der Waals surface area (Å²) < 4.78 is 0.639. The van der Waals surface area contributed by atoms with Crippen molar-refractivity contribution in [3.8, 4) is 0 Å². The minimum atomic E-state index is -0.0516. The van der Waals surface area contributed by atoms with Gasteiger partial charge in [0.1, 0.15) is 0 Å². The molecule has 1 aliphatic carbocycles. The van der Waals surface area contributed by atoms with Crippen molar-refractivity contribution in [3.05, 3.63) is 21.3 Å². The molecule has 1 aromatic rings. The number of thiophene rings is 1. The van der Waals surface area contributed by atoms with Crippen LogP contribution in [0.3, 0.4) is 0 Å². The highest BCUT2D eigenvalue weighted by Gasteiger charge is 2.22. The number of rotatable bonds is 2. The highest BCUT2D eigenvalue weighted by molar-refractivity contribution is 7.17. The summed E-state index contributed by atoms with van der Waals surface area (Å²) in [5, 5.41) is 3.03. The molecule has 17 heavy (non-hydrogen) atoms. The number of halogens is 1. The van der Waals surface area contributed by atoms with Crippen LogP contribution in [0.1, 0.15) is 41.8 Å². The van der Waals surface area contributed by atoms with Crippen LogP contribution in [-0.2, 0) is 0 Å². The van der Waals surface area contributed by atoms with Crippen LogP contribution in [-0.4, -0.2) is 18.0 Å². The van der Waals surface area contributed by atoms with Crippen molar-refractivity contribution in [1.82, 2.24) is 5.32 Å². The van der Waals surface area contributed by atoms with E-state index in [0.717, 1.165) is 19.3 Å². The second-order valence-electron chi connectivity index (χ2n) is 4.49. The third kappa shape index (κ3) is 3.44. The van der Waals surface area contributed by atoms with E-state index in [1.54, 1.807) is 12.1 Å². The van der Waals surface area contributed by atoms with E-state index in [1.165, 1.54) is 24.2 Å². The van der Waals surface area contributed by atoms with Gasteiger partial charge in [0.05, 0.1) is 9.21 Å². The fraction of sp³-hybridized carbons (Fsp3) is 0.583. The van der Waals surface area contributed by atoms with Gasteiger partial charge in [-0.15, -0.1) is 11.3 Å². The van der Waals surface area contributed by atoms with Crippen molar-refractivity contribution < 1.29 is 4.79 Å². The Morgan fingerprint density at radius 1 is 1.35 bits per heavy atom. The Labute approximate surface area is 110 Å². The molecule has 1 amide bonds. The molecule has 0 aromatic carbocycles. The Bertz CT molecular complexity index is 394. The first-order chi connectivity index (χ1) is 8.16. The summed E-state index contributed by atoms with van der Waals surface area (Å²) in [7, 11) is 0. The van der Waals surface area contributed by atoms with Gasteiger partial charge in [0.15, 0.2) is 0 Å². The molecule has 0 radical (unpaired) electrons. The summed E-state index contributed by atoms with van der Waals surface area (Å²) in [5.74, 6) is -0.0516. The molecule has 94 valence electrons. The summed E-state index contributed by atoms with van der Waals surface area (Å²) in [6.45, 7) is 0. The third-order valence-corrected chi connectivity index (χ3v) is 4.41. The maximum absolute atomic E-state index is 12.0. The van der Waals surface area contributed by atoms with E-state index in [2.05, 4.69) is 5.32 Å². The molecule has 2 unspecified atom stereocenters. The molecule has 1 fully saturated rings. The van der Waals surface area contributed by atoms with Gasteiger partial charge < -0.3 is 11.1 Å². The zero-order valence-corrected chi connectivity index (χ0v) is 11.2. The van der Waals surface area contributed by atoms with Crippen LogP contribution in [0.25, 0.3) is 0 Å². The Morgan fingerprint density at radius 2 is 2.12 bits per heavy atom. The first kappa shape index (κ1) is 12.9. The van der Waals surface area contributed by atoms with Gasteiger partial charge in [0, 0.05) is 12.1 Å². The lowest BCUT2D eigenvalue weighted by atomic mass is 10.0. The van der Waals surface area contributed by atoms with Crippen molar-refractivity contribution in [1.29, 1.82) is 0 Å². The number of carbonyl (C=O) groups is 1. The molecule has 3 nitrogen and oxygen atoms in total. The molecule has 1 heterocycles. The quantitative estimate of drug-likeness (QED) is 0.814. The standard InChI is InChI=1S/C12H17ClN2OS/c13-11-7-6-10(17-11)12(16)15-9-5-3-1-2-4-8(9)14/h6-9H,1-5,14H2,(H,15,16). The SMILES string of the molecule is NC1CCCCCC1NC(=O)c1ccc(Cl)s1. The number of hydrogen-bond acceptors (Lipinski definition) is 3. The monoisotopic (exact) mass is 272 g/mol. The summed E-state index contributed by atoms with van der Waals surface area (Å²) in [5.41, 5.74) is 6.07. The van der Waals surface area contributed by atoms with E-state index in [1.807, 2.05) is 0 Å². The van der Waals surface area contributed by atoms with E-state index in [-0.39, 0.29) is 18.0 Å². The number of nitrogens with two attached hydrogens (primary N) is 1. The van der Waals surface area contributed by atoms with Gasteiger partial charge in [-0.2, -0.15) is 0 Å². The Balaban J connectivity index is 1.97. The van der Waals surface area contributed by atoms with Crippen LogP contribution in [0.4, 0.5) is 0 Å². The Hall–Kier alpha value is -0.580. The summed E-state index contributed by atoms with van der Waals surface area (Å²) in [6, 6.07) is 3.68. The van der Waals surface area contributed by atoms with Gasteiger partial charge in [-0.1, -0.05) is 30.9 Å². The van der Waals surface area contributed by atoms with Crippen molar-refractivity contribution >= 4 is 28.8 Å². The highest BCUT2D eigenvalue weighted by Crippen LogP contribution is 2.22. The van der Waals surface area contributed by atoms with Crippen molar-refractivity contribution in [2.45, 2.75) is 44.2 Å². The second-order valence-corrected chi connectivity index (χ2v) is 6.20. The molecule has 5 heteroatoms. The number of hydrogen-bond donors (Lipinski definition) is 2. The van der Waals surface area contributed by atoms with Crippen molar-refractivity contribution in [2.75, 3.05) is 0 Å². The molecule has 2 atom stereocenters. The Morgan fingerprint density at radius 3 is 2.82 bits per heavy atom. The van der Waals surface area contributed by atoms with Gasteiger partial charge in [0.2, 0.25) is 0 Å². The zero-order valence-electron chi connectivity index (χ0n) is 9.62. The largest absolute Gasteiger partial charge is 0.347 e. The van der Waals surface area contributed by atoms with Crippen LogP contribution in [0, 0.1) is 0 Å². The van der Waals surface area contributed by atoms with E-state index in [9.17, 15) is 4.79 Å². The van der Waals surface area contributed by atoms with Crippen molar-refractivity contribution in [3.63, 3.8) is 0 Å². The van der Waals surface area contributed by atoms with Crippen molar-refractivity contribution in [2.24, 2.45) is 5.73 Å². The molecule has 3 N–H and O–H groups in total. The fourth-order valence-electron chi connectivity index (χ4n) is 2.19. The lowest BCUT2D eigenvalue weighted by Crippen LogP contribution is -2.46. The molecule has 2 rings (SSSR count). The molecule has 0 saturated heterocycles. The predicted molar refractivity (Wildman–Crippen MR) is 71.6 cm³/mol. The first-order valence-electron chi connectivity index (χ1n) is 5.98. The summed E-state index contributed by atoms with van der Waals surface area (Å²) in [6.07, 6.45) is 5.50. The van der Waals surface area contributed by atoms with E-state index in [0.29, 0.717) is 9.21 Å². The number of carbonyl (C=O) groups excluding carboxylic acids is 1. The van der Waals surface area contributed by atoms with Gasteiger partial charge in [0.25, 0.3) is 5.91 Å². The topological polar surface area (TPSA) is 55.1 Å². The first-order valence-corrected chi connectivity index (χ1v) is 7.18. The molecule has 1 saturated carbocycles. The molecular weight excluding hydrogens is 256 g/mol. The highest BCUT2D eigenvalue weighted by atomic mass is 35.5. The maximum atomic E-state index is 12.0. The molecule has 1 aromatic heterocycles. The molecular formula is C12H17ClN2OS. The Kier molecular flexibility index (Phi) is 4.42. The molecule has 1 aliphatic rings. The zero-order chi connectivity index (χ0) is 12.3. The predicted octanol–water partition coefficient (Wildman–Crippen LogP) is 2.79. The van der Waals surface area contributed by atoms with Gasteiger partial charge in [-0.05, 0) is 25.0 Å². The van der Waals surface area contributed by atoms with E-state index < -0.39 is 0 Å². The third-order valence-electron chi connectivity index (χ3n) is 3.18. The maximum Gasteiger partial charge on any atom is 0.261 e. The minimum absolute atomic E-state index is 0.0516. The van der Waals surface area contributed by atoms with Crippen LogP contribution in [0.15, 0.2) is 12.1 Å². The van der Waals surface area contributed by atoms with Crippen LogP contribution >= 0.6 is 22.9 Å². The average Bonchev–Trinajstić information content (AvgIpc) is 2.63. The lowest BCUT2D eigenvalue weighted by molar-refractivity contribution is 0.0933. The number of nitrogens with one attached hydrogen (secondary N) is 1. The fourth-order valence-corrected chi connectivity index (χ4v) is 3.14. The lowest BCUT2D eigenvalue weighted by Gasteiger charge is -2.22. The van der Waals surface area contributed by atoms with Gasteiger partial charge in [-0.25, -0.2) is 0 Å². The minimum Gasteiger partial charge on any atom is -0.347 e. The van der Waals surface area contributed by atoms with E-state index in [4.69, 9.17) is 17.3 Å². The number of amides is 1. The smallest absolute Gasteiger partial charge is 0.261 e. The van der Waals surface area contributed by atoms with Gasteiger partial charge >= 0.3 is 0 Å². The molecule has 0 aliphatic heterocycles. The molecule has 0 bridgehead atoms. The van der Waals surface area contributed by atoms with Crippen LogP contribution in [0.5, 0.6) is 0 Å².